The first-order chi connectivity index (χ1) is 8.91. The lowest BCUT2D eigenvalue weighted by Gasteiger charge is -2.35. The van der Waals surface area contributed by atoms with Crippen LogP contribution in [0.5, 0.6) is 5.75 Å². The molecule has 1 unspecified atom stereocenters. The van der Waals surface area contributed by atoms with Crippen molar-refractivity contribution >= 4 is 11.4 Å². The first kappa shape index (κ1) is 13.8. The Morgan fingerprint density at radius 3 is 2.74 bits per heavy atom. The minimum absolute atomic E-state index is 0.0408. The van der Waals surface area contributed by atoms with Crippen LogP contribution in [0.4, 0.5) is 24.5 Å². The highest BCUT2D eigenvalue weighted by atomic mass is 19.4. The molecule has 0 radical (unpaired) electrons. The molecule has 1 heterocycles. The third-order valence-corrected chi connectivity index (χ3v) is 3.46. The number of nitrogen functional groups attached to an aromatic ring is 1. The van der Waals surface area contributed by atoms with Crippen LogP contribution in [-0.2, 0) is 0 Å². The third kappa shape index (κ3) is 3.05. The van der Waals surface area contributed by atoms with Gasteiger partial charge in [0.05, 0.1) is 24.4 Å². The SMILES string of the molecule is COc1ccc(N)c(N2CCCC(C(F)(F)F)C2)c1. The van der Waals surface area contributed by atoms with Crippen molar-refractivity contribution in [3.05, 3.63) is 18.2 Å². The van der Waals surface area contributed by atoms with Crippen molar-refractivity contribution in [2.75, 3.05) is 30.8 Å². The second kappa shape index (κ2) is 5.19. The van der Waals surface area contributed by atoms with E-state index >= 15 is 0 Å². The van der Waals surface area contributed by atoms with Crippen molar-refractivity contribution in [1.82, 2.24) is 0 Å². The van der Waals surface area contributed by atoms with Gasteiger partial charge >= 0.3 is 6.18 Å². The molecule has 2 N–H and O–H groups in total. The molecular formula is C13H17F3N2O. The Morgan fingerprint density at radius 2 is 2.11 bits per heavy atom. The van der Waals surface area contributed by atoms with Crippen molar-refractivity contribution in [3.8, 4) is 5.75 Å². The largest absolute Gasteiger partial charge is 0.497 e. The highest BCUT2D eigenvalue weighted by Crippen LogP contribution is 2.37. The summed E-state index contributed by atoms with van der Waals surface area (Å²) in [6, 6.07) is 5.05. The van der Waals surface area contributed by atoms with Gasteiger partial charge in [-0.3, -0.25) is 0 Å². The second-order valence-electron chi connectivity index (χ2n) is 4.75. The normalized spacial score (nSPS) is 20.4. The van der Waals surface area contributed by atoms with Crippen LogP contribution in [0.3, 0.4) is 0 Å². The van der Waals surface area contributed by atoms with Crippen LogP contribution in [0.1, 0.15) is 12.8 Å². The van der Waals surface area contributed by atoms with Crippen molar-refractivity contribution < 1.29 is 17.9 Å². The predicted octanol–water partition coefficient (Wildman–Crippen LogP) is 3.06. The molecule has 2 rings (SSSR count). The van der Waals surface area contributed by atoms with Crippen LogP contribution < -0.4 is 15.4 Å². The smallest absolute Gasteiger partial charge is 0.393 e. The molecule has 19 heavy (non-hydrogen) atoms. The van der Waals surface area contributed by atoms with Crippen LogP contribution >= 0.6 is 0 Å². The molecule has 0 spiro atoms. The van der Waals surface area contributed by atoms with Gasteiger partial charge in [-0.05, 0) is 25.0 Å². The minimum Gasteiger partial charge on any atom is -0.497 e. The maximum Gasteiger partial charge on any atom is 0.393 e. The fraction of sp³-hybridized carbons (Fsp3) is 0.538. The molecular weight excluding hydrogens is 257 g/mol. The number of hydrogen-bond donors (Lipinski definition) is 1. The summed E-state index contributed by atoms with van der Waals surface area (Å²) in [4.78, 5) is 1.69. The summed E-state index contributed by atoms with van der Waals surface area (Å²) >= 11 is 0. The Morgan fingerprint density at radius 1 is 1.37 bits per heavy atom. The Labute approximate surface area is 110 Å². The van der Waals surface area contributed by atoms with E-state index in [4.69, 9.17) is 10.5 Å². The number of methoxy groups -OCH3 is 1. The number of anilines is 2. The van der Waals surface area contributed by atoms with E-state index in [2.05, 4.69) is 0 Å². The summed E-state index contributed by atoms with van der Waals surface area (Å²) in [5.41, 5.74) is 6.95. The standard InChI is InChI=1S/C13H17F3N2O/c1-19-10-4-5-11(17)12(7-10)18-6-2-3-9(8-18)13(14,15)16/h4-5,7,9H,2-3,6,8,17H2,1H3. The molecule has 0 aromatic heterocycles. The molecule has 3 nitrogen and oxygen atoms in total. The summed E-state index contributed by atoms with van der Waals surface area (Å²) in [5.74, 6) is -0.690. The molecule has 1 aromatic carbocycles. The molecule has 0 amide bonds. The Balaban J connectivity index is 2.21. The average Bonchev–Trinajstić information content (AvgIpc) is 2.38. The van der Waals surface area contributed by atoms with E-state index in [1.807, 2.05) is 0 Å². The zero-order chi connectivity index (χ0) is 14.0. The van der Waals surface area contributed by atoms with Gasteiger partial charge < -0.3 is 15.4 Å². The Hall–Kier alpha value is -1.59. The van der Waals surface area contributed by atoms with Crippen LogP contribution in [0.2, 0.25) is 0 Å². The number of ether oxygens (including phenoxy) is 1. The van der Waals surface area contributed by atoms with Crippen molar-refractivity contribution in [1.29, 1.82) is 0 Å². The first-order valence-electron chi connectivity index (χ1n) is 6.17. The summed E-state index contributed by atoms with van der Waals surface area (Å²) in [6.07, 6.45) is -3.45. The maximum atomic E-state index is 12.8. The number of benzene rings is 1. The van der Waals surface area contributed by atoms with Gasteiger partial charge in [0.2, 0.25) is 0 Å². The molecule has 1 atom stereocenters. The number of nitrogens with zero attached hydrogens (tertiary/aromatic N) is 1. The molecule has 0 aliphatic carbocycles. The average molecular weight is 274 g/mol. The van der Waals surface area contributed by atoms with Gasteiger partial charge in [-0.1, -0.05) is 0 Å². The van der Waals surface area contributed by atoms with Crippen LogP contribution in [-0.4, -0.2) is 26.4 Å². The number of hydrogen-bond acceptors (Lipinski definition) is 3. The number of halogens is 3. The number of piperidine rings is 1. The van der Waals surface area contributed by atoms with Gasteiger partial charge in [-0.2, -0.15) is 13.2 Å². The predicted molar refractivity (Wildman–Crippen MR) is 68.4 cm³/mol. The number of rotatable bonds is 2. The van der Waals surface area contributed by atoms with Gasteiger partial charge in [-0.25, -0.2) is 0 Å². The lowest BCUT2D eigenvalue weighted by Crippen LogP contribution is -2.42. The van der Waals surface area contributed by atoms with E-state index in [1.54, 1.807) is 23.1 Å². The second-order valence-corrected chi connectivity index (χ2v) is 4.75. The molecule has 0 saturated carbocycles. The van der Waals surface area contributed by atoms with E-state index in [0.717, 1.165) is 0 Å². The van der Waals surface area contributed by atoms with Gasteiger partial charge in [-0.15, -0.1) is 0 Å². The Bertz CT molecular complexity index is 448. The molecule has 1 saturated heterocycles. The van der Waals surface area contributed by atoms with Crippen molar-refractivity contribution in [3.63, 3.8) is 0 Å². The van der Waals surface area contributed by atoms with E-state index in [1.165, 1.54) is 7.11 Å². The molecule has 1 aliphatic rings. The van der Waals surface area contributed by atoms with E-state index < -0.39 is 12.1 Å². The van der Waals surface area contributed by atoms with E-state index in [0.29, 0.717) is 30.1 Å². The summed E-state index contributed by atoms with van der Waals surface area (Å²) in [7, 11) is 1.52. The summed E-state index contributed by atoms with van der Waals surface area (Å²) in [5, 5.41) is 0. The lowest BCUT2D eigenvalue weighted by molar-refractivity contribution is -0.175. The number of alkyl halides is 3. The third-order valence-electron chi connectivity index (χ3n) is 3.46. The molecule has 0 bridgehead atoms. The molecule has 106 valence electrons. The highest BCUT2D eigenvalue weighted by molar-refractivity contribution is 5.69. The lowest BCUT2D eigenvalue weighted by atomic mass is 9.97. The summed E-state index contributed by atoms with van der Waals surface area (Å²) in [6.45, 7) is 0.546. The first-order valence-corrected chi connectivity index (χ1v) is 6.17. The van der Waals surface area contributed by atoms with Gasteiger partial charge in [0, 0.05) is 19.2 Å². The van der Waals surface area contributed by atoms with Crippen LogP contribution in [0.15, 0.2) is 18.2 Å². The van der Waals surface area contributed by atoms with Gasteiger partial charge in [0.15, 0.2) is 0 Å². The van der Waals surface area contributed by atoms with Crippen LogP contribution in [0, 0.1) is 5.92 Å². The summed E-state index contributed by atoms with van der Waals surface area (Å²) < 4.78 is 43.5. The zero-order valence-corrected chi connectivity index (χ0v) is 10.7. The van der Waals surface area contributed by atoms with Crippen LogP contribution in [0.25, 0.3) is 0 Å². The van der Waals surface area contributed by atoms with Gasteiger partial charge in [0.25, 0.3) is 0 Å². The quantitative estimate of drug-likeness (QED) is 0.842. The highest BCUT2D eigenvalue weighted by Gasteiger charge is 2.42. The van der Waals surface area contributed by atoms with Crippen molar-refractivity contribution in [2.24, 2.45) is 5.92 Å². The van der Waals surface area contributed by atoms with Crippen molar-refractivity contribution in [2.45, 2.75) is 19.0 Å². The molecule has 6 heteroatoms. The zero-order valence-electron chi connectivity index (χ0n) is 10.7. The molecule has 1 fully saturated rings. The fourth-order valence-electron chi connectivity index (χ4n) is 2.39. The minimum atomic E-state index is -4.15. The maximum absolute atomic E-state index is 12.8. The van der Waals surface area contributed by atoms with E-state index in [-0.39, 0.29) is 13.0 Å². The van der Waals surface area contributed by atoms with Gasteiger partial charge in [0.1, 0.15) is 5.75 Å². The van der Waals surface area contributed by atoms with E-state index in [9.17, 15) is 13.2 Å². The molecule has 1 aromatic rings. The fourth-order valence-corrected chi connectivity index (χ4v) is 2.39. The number of nitrogens with two attached hydrogens (primary N) is 1. The topological polar surface area (TPSA) is 38.5 Å². The monoisotopic (exact) mass is 274 g/mol. The molecule has 1 aliphatic heterocycles. The Kier molecular flexibility index (Phi) is 3.78.